The van der Waals surface area contributed by atoms with Gasteiger partial charge in [0.1, 0.15) is 0 Å². The first-order valence-electron chi connectivity index (χ1n) is 6.78. The predicted octanol–water partition coefficient (Wildman–Crippen LogP) is 2.22. The Morgan fingerprint density at radius 3 is 2.79 bits per heavy atom. The highest BCUT2D eigenvalue weighted by molar-refractivity contribution is 5.94. The number of benzene rings is 1. The zero-order valence-corrected chi connectivity index (χ0v) is 11.9. The van der Waals surface area contributed by atoms with Gasteiger partial charge in [0.2, 0.25) is 0 Å². The maximum atomic E-state index is 11.4. The van der Waals surface area contributed by atoms with Crippen LogP contribution in [0.2, 0.25) is 0 Å². The van der Waals surface area contributed by atoms with E-state index in [1.807, 2.05) is 19.1 Å². The highest BCUT2D eigenvalue weighted by Crippen LogP contribution is 2.26. The Kier molecular flexibility index (Phi) is 4.10. The van der Waals surface area contributed by atoms with Crippen molar-refractivity contribution < 1.29 is 9.90 Å². The molecule has 4 heteroatoms. The summed E-state index contributed by atoms with van der Waals surface area (Å²) in [6.45, 7) is 7.11. The van der Waals surface area contributed by atoms with Crippen molar-refractivity contribution in [2.75, 3.05) is 31.6 Å². The fourth-order valence-corrected chi connectivity index (χ4v) is 2.79. The molecule has 1 heterocycles. The number of carboxylic acids is 1. The molecule has 1 atom stereocenters. The van der Waals surface area contributed by atoms with Crippen LogP contribution in [0.15, 0.2) is 18.2 Å². The molecule has 0 bridgehead atoms. The van der Waals surface area contributed by atoms with E-state index in [4.69, 9.17) is 0 Å². The molecule has 2 rings (SSSR count). The minimum atomic E-state index is -0.847. The number of carbonyl (C=O) groups is 1. The molecule has 1 aromatic carbocycles. The summed E-state index contributed by atoms with van der Waals surface area (Å²) >= 11 is 0. The first-order chi connectivity index (χ1) is 8.99. The Morgan fingerprint density at radius 1 is 1.37 bits per heavy atom. The number of nitrogens with zero attached hydrogens (tertiary/aromatic N) is 2. The van der Waals surface area contributed by atoms with Gasteiger partial charge in [0.25, 0.3) is 0 Å². The van der Waals surface area contributed by atoms with Crippen LogP contribution in [0.25, 0.3) is 0 Å². The molecule has 1 unspecified atom stereocenters. The van der Waals surface area contributed by atoms with Crippen LogP contribution in [-0.4, -0.2) is 48.7 Å². The van der Waals surface area contributed by atoms with Gasteiger partial charge in [0.05, 0.1) is 11.3 Å². The Balaban J connectivity index is 2.38. The lowest BCUT2D eigenvalue weighted by molar-refractivity contribution is 0.0697. The summed E-state index contributed by atoms with van der Waals surface area (Å²) in [6.07, 6.45) is 1.06. The molecule has 0 amide bonds. The van der Waals surface area contributed by atoms with Crippen molar-refractivity contribution in [2.24, 2.45) is 0 Å². The summed E-state index contributed by atoms with van der Waals surface area (Å²) in [6, 6.07) is 5.90. The lowest BCUT2D eigenvalue weighted by Crippen LogP contribution is -2.38. The molecule has 0 radical (unpaired) electrons. The van der Waals surface area contributed by atoms with E-state index in [1.54, 1.807) is 6.07 Å². The highest BCUT2D eigenvalue weighted by atomic mass is 16.4. The van der Waals surface area contributed by atoms with Crippen LogP contribution in [0.5, 0.6) is 0 Å². The smallest absolute Gasteiger partial charge is 0.337 e. The maximum Gasteiger partial charge on any atom is 0.337 e. The average molecular weight is 262 g/mol. The molecule has 19 heavy (non-hydrogen) atoms. The standard InChI is InChI=1S/C15H22N2O2/c1-11-5-6-13(15(18)19)14(9-11)17-8-4-7-16(3)10-12(17)2/h5-6,9,12H,4,7-8,10H2,1-3H3,(H,18,19). The molecular formula is C15H22N2O2. The van der Waals surface area contributed by atoms with Crippen molar-refractivity contribution in [3.05, 3.63) is 29.3 Å². The largest absolute Gasteiger partial charge is 0.478 e. The molecule has 1 fully saturated rings. The van der Waals surface area contributed by atoms with Crippen molar-refractivity contribution in [3.8, 4) is 0 Å². The third kappa shape index (κ3) is 3.07. The van der Waals surface area contributed by atoms with Crippen LogP contribution in [0.1, 0.15) is 29.3 Å². The van der Waals surface area contributed by atoms with Crippen LogP contribution in [0, 0.1) is 6.92 Å². The van der Waals surface area contributed by atoms with Gasteiger partial charge in [-0.2, -0.15) is 0 Å². The number of hydrogen-bond acceptors (Lipinski definition) is 3. The number of aryl methyl sites for hydroxylation is 1. The number of hydrogen-bond donors (Lipinski definition) is 1. The lowest BCUT2D eigenvalue weighted by Gasteiger charge is -2.31. The Bertz CT molecular complexity index is 473. The van der Waals surface area contributed by atoms with E-state index in [9.17, 15) is 9.90 Å². The van der Waals surface area contributed by atoms with Gasteiger partial charge in [-0.25, -0.2) is 4.79 Å². The van der Waals surface area contributed by atoms with Gasteiger partial charge in [0, 0.05) is 19.1 Å². The fraction of sp³-hybridized carbons (Fsp3) is 0.533. The molecule has 0 spiro atoms. The van der Waals surface area contributed by atoms with Crippen molar-refractivity contribution in [1.29, 1.82) is 0 Å². The summed E-state index contributed by atoms with van der Waals surface area (Å²) < 4.78 is 0. The number of rotatable bonds is 2. The zero-order chi connectivity index (χ0) is 14.0. The fourth-order valence-electron chi connectivity index (χ4n) is 2.79. The second-order valence-corrected chi connectivity index (χ2v) is 5.48. The van der Waals surface area contributed by atoms with Gasteiger partial charge in [-0.3, -0.25) is 0 Å². The first kappa shape index (κ1) is 13.9. The van der Waals surface area contributed by atoms with Crippen molar-refractivity contribution >= 4 is 11.7 Å². The zero-order valence-electron chi connectivity index (χ0n) is 11.9. The number of carboxylic acid groups (broad SMARTS) is 1. The van der Waals surface area contributed by atoms with Gasteiger partial charge in [-0.05, 0) is 51.6 Å². The van der Waals surface area contributed by atoms with E-state index < -0.39 is 5.97 Å². The molecule has 4 nitrogen and oxygen atoms in total. The topological polar surface area (TPSA) is 43.8 Å². The van der Waals surface area contributed by atoms with Gasteiger partial charge < -0.3 is 14.9 Å². The Morgan fingerprint density at radius 2 is 2.11 bits per heavy atom. The molecule has 0 saturated carbocycles. The molecule has 1 aromatic rings. The van der Waals surface area contributed by atoms with E-state index in [-0.39, 0.29) is 0 Å². The summed E-state index contributed by atoms with van der Waals surface area (Å²) in [4.78, 5) is 15.9. The van der Waals surface area contributed by atoms with Gasteiger partial charge >= 0.3 is 5.97 Å². The van der Waals surface area contributed by atoms with Crippen molar-refractivity contribution in [1.82, 2.24) is 4.90 Å². The van der Waals surface area contributed by atoms with Crippen LogP contribution < -0.4 is 4.90 Å². The van der Waals surface area contributed by atoms with Crippen LogP contribution in [-0.2, 0) is 0 Å². The van der Waals surface area contributed by atoms with E-state index >= 15 is 0 Å². The lowest BCUT2D eigenvalue weighted by atomic mass is 10.1. The summed E-state index contributed by atoms with van der Waals surface area (Å²) in [7, 11) is 2.12. The predicted molar refractivity (Wildman–Crippen MR) is 77.1 cm³/mol. The molecule has 0 aromatic heterocycles. The number of likely N-dealkylation sites (N-methyl/N-ethyl adjacent to an activating group) is 1. The van der Waals surface area contributed by atoms with E-state index in [2.05, 4.69) is 23.8 Å². The minimum absolute atomic E-state index is 0.326. The monoisotopic (exact) mass is 262 g/mol. The van der Waals surface area contributed by atoms with Gasteiger partial charge in [-0.15, -0.1) is 0 Å². The summed E-state index contributed by atoms with van der Waals surface area (Å²) in [5.74, 6) is -0.847. The second kappa shape index (κ2) is 5.61. The highest BCUT2D eigenvalue weighted by Gasteiger charge is 2.23. The van der Waals surface area contributed by atoms with E-state index in [0.717, 1.165) is 37.3 Å². The first-order valence-corrected chi connectivity index (χ1v) is 6.78. The van der Waals surface area contributed by atoms with Crippen molar-refractivity contribution in [3.63, 3.8) is 0 Å². The van der Waals surface area contributed by atoms with Gasteiger partial charge in [-0.1, -0.05) is 6.07 Å². The third-order valence-electron chi connectivity index (χ3n) is 3.74. The average Bonchev–Trinajstić information content (AvgIpc) is 2.49. The SMILES string of the molecule is Cc1ccc(C(=O)O)c(N2CCCN(C)CC2C)c1. The number of anilines is 1. The second-order valence-electron chi connectivity index (χ2n) is 5.48. The molecule has 0 aliphatic carbocycles. The summed E-state index contributed by atoms with van der Waals surface area (Å²) in [5, 5.41) is 9.36. The van der Waals surface area contributed by atoms with E-state index in [0.29, 0.717) is 11.6 Å². The molecular weight excluding hydrogens is 240 g/mol. The molecule has 104 valence electrons. The van der Waals surface area contributed by atoms with Crippen LogP contribution >= 0.6 is 0 Å². The molecule has 1 aliphatic heterocycles. The normalized spacial score (nSPS) is 21.2. The third-order valence-corrected chi connectivity index (χ3v) is 3.74. The summed E-state index contributed by atoms with van der Waals surface area (Å²) in [5.41, 5.74) is 2.36. The maximum absolute atomic E-state index is 11.4. The van der Waals surface area contributed by atoms with Crippen molar-refractivity contribution in [2.45, 2.75) is 26.3 Å². The van der Waals surface area contributed by atoms with Crippen LogP contribution in [0.4, 0.5) is 5.69 Å². The Hall–Kier alpha value is -1.55. The Labute approximate surface area is 114 Å². The molecule has 1 saturated heterocycles. The molecule has 1 aliphatic rings. The number of aromatic carboxylic acids is 1. The molecule has 1 N–H and O–H groups in total. The van der Waals surface area contributed by atoms with Gasteiger partial charge in [0.15, 0.2) is 0 Å². The minimum Gasteiger partial charge on any atom is -0.478 e. The quantitative estimate of drug-likeness (QED) is 0.887. The van der Waals surface area contributed by atoms with E-state index in [1.165, 1.54) is 0 Å². The van der Waals surface area contributed by atoms with Crippen LogP contribution in [0.3, 0.4) is 0 Å².